The fourth-order valence-electron chi connectivity index (χ4n) is 9.10. The Labute approximate surface area is 418 Å². The summed E-state index contributed by atoms with van der Waals surface area (Å²) >= 11 is 0. The zero-order chi connectivity index (χ0) is 49.2. The Kier molecular flexibility index (Phi) is 49.6. The molecule has 0 aromatic carbocycles. The molecule has 400 valence electrons. The number of amides is 1. The van der Waals surface area contributed by atoms with Gasteiger partial charge in [0, 0.05) is 6.42 Å². The van der Waals surface area contributed by atoms with Crippen molar-refractivity contribution in [3.63, 3.8) is 0 Å². The normalized spacial score (nSPS) is 14.0. The molecule has 8 nitrogen and oxygen atoms in total. The van der Waals surface area contributed by atoms with Crippen molar-refractivity contribution in [3.05, 3.63) is 12.2 Å². The zero-order valence-electron chi connectivity index (χ0n) is 45.7. The molecule has 0 aliphatic carbocycles. The van der Waals surface area contributed by atoms with E-state index in [-0.39, 0.29) is 19.1 Å². The summed E-state index contributed by atoms with van der Waals surface area (Å²) in [5, 5.41) is 14.0. The summed E-state index contributed by atoms with van der Waals surface area (Å²) in [6.07, 6.45) is 61.5. The molecule has 0 heterocycles. The molecule has 67 heavy (non-hydrogen) atoms. The van der Waals surface area contributed by atoms with Crippen molar-refractivity contribution >= 4 is 13.7 Å². The maximum Gasteiger partial charge on any atom is 0.472 e. The summed E-state index contributed by atoms with van der Waals surface area (Å²) in [6, 6.07) is -0.756. The van der Waals surface area contributed by atoms with Crippen molar-refractivity contribution in [2.45, 2.75) is 315 Å². The molecule has 0 bridgehead atoms. The number of hydrogen-bond acceptors (Lipinski definition) is 5. The number of nitrogens with one attached hydrogen (secondary N) is 1. The first-order chi connectivity index (χ1) is 32.5. The highest BCUT2D eigenvalue weighted by molar-refractivity contribution is 7.47. The number of aliphatic hydroxyl groups excluding tert-OH is 1. The number of phosphoric acid groups is 1. The van der Waals surface area contributed by atoms with Crippen LogP contribution in [-0.4, -0.2) is 73.4 Å². The van der Waals surface area contributed by atoms with E-state index in [2.05, 4.69) is 31.3 Å². The van der Waals surface area contributed by atoms with Crippen LogP contribution in [0.25, 0.3) is 0 Å². The van der Waals surface area contributed by atoms with Gasteiger partial charge in [0.05, 0.1) is 39.9 Å². The van der Waals surface area contributed by atoms with Gasteiger partial charge in [-0.25, -0.2) is 4.57 Å². The number of likely N-dealkylation sites (N-methyl/N-ethyl adjacent to an activating group) is 1. The molecular formula is C58H118N2O6P+. The van der Waals surface area contributed by atoms with E-state index in [1.165, 1.54) is 238 Å². The molecule has 0 saturated heterocycles. The second-order valence-electron chi connectivity index (χ2n) is 21.7. The molecule has 0 spiro atoms. The fraction of sp³-hybridized carbons (Fsp3) is 0.948. The molecule has 0 fully saturated rings. The Bertz CT molecular complexity index is 1100. The lowest BCUT2D eigenvalue weighted by molar-refractivity contribution is -0.870. The highest BCUT2D eigenvalue weighted by Gasteiger charge is 2.28. The number of rotatable bonds is 55. The Hall–Kier alpha value is -0.760. The van der Waals surface area contributed by atoms with Crippen molar-refractivity contribution in [3.8, 4) is 0 Å². The van der Waals surface area contributed by atoms with Gasteiger partial charge in [0.2, 0.25) is 5.91 Å². The van der Waals surface area contributed by atoms with Gasteiger partial charge in [0.15, 0.2) is 0 Å². The van der Waals surface area contributed by atoms with Crippen LogP contribution in [0, 0.1) is 0 Å². The quantitative estimate of drug-likeness (QED) is 0.0243. The van der Waals surface area contributed by atoms with Gasteiger partial charge in [-0.15, -0.1) is 0 Å². The van der Waals surface area contributed by atoms with E-state index in [9.17, 15) is 19.4 Å². The van der Waals surface area contributed by atoms with Crippen molar-refractivity contribution in [2.75, 3.05) is 40.9 Å². The van der Waals surface area contributed by atoms with Gasteiger partial charge in [0.1, 0.15) is 13.2 Å². The van der Waals surface area contributed by atoms with Crippen LogP contribution in [0.4, 0.5) is 0 Å². The molecule has 3 N–H and O–H groups in total. The molecule has 0 rings (SSSR count). The van der Waals surface area contributed by atoms with Crippen LogP contribution >= 0.6 is 7.82 Å². The second-order valence-corrected chi connectivity index (χ2v) is 23.2. The SMILES string of the molecule is CCCCCCCCCCCCCC/C=C\CCCCCCCCCCCCCCCCCCCC(=O)NC(COP(=O)(O)OCC[N+](C)(C)C)C(O)CCCCCCCCCCCCCC. The van der Waals surface area contributed by atoms with E-state index in [1.54, 1.807) is 0 Å². The monoisotopic (exact) mass is 970 g/mol. The second kappa shape index (κ2) is 50.2. The van der Waals surface area contributed by atoms with Crippen molar-refractivity contribution < 1.29 is 32.9 Å². The average molecular weight is 971 g/mol. The summed E-state index contributed by atoms with van der Waals surface area (Å²) in [7, 11) is 1.63. The number of unbranched alkanes of at least 4 members (excludes halogenated alkanes) is 40. The van der Waals surface area contributed by atoms with Gasteiger partial charge < -0.3 is 19.8 Å². The minimum Gasteiger partial charge on any atom is -0.391 e. The van der Waals surface area contributed by atoms with Gasteiger partial charge in [-0.2, -0.15) is 0 Å². The topological polar surface area (TPSA) is 105 Å². The van der Waals surface area contributed by atoms with Crippen LogP contribution in [0.15, 0.2) is 12.2 Å². The van der Waals surface area contributed by atoms with E-state index < -0.39 is 20.0 Å². The minimum atomic E-state index is -4.31. The molecule has 0 aliphatic heterocycles. The maximum absolute atomic E-state index is 13.0. The third-order valence-corrected chi connectivity index (χ3v) is 14.7. The number of aliphatic hydroxyl groups is 1. The summed E-state index contributed by atoms with van der Waals surface area (Å²) < 4.78 is 23.7. The predicted octanol–water partition coefficient (Wildman–Crippen LogP) is 17.8. The van der Waals surface area contributed by atoms with Gasteiger partial charge in [-0.3, -0.25) is 13.8 Å². The van der Waals surface area contributed by atoms with Gasteiger partial charge >= 0.3 is 7.82 Å². The molecule has 0 radical (unpaired) electrons. The molecule has 9 heteroatoms. The molecule has 0 aliphatic rings. The highest BCUT2D eigenvalue weighted by atomic mass is 31.2. The molecule has 0 aromatic heterocycles. The summed E-state index contributed by atoms with van der Waals surface area (Å²) in [4.78, 5) is 23.3. The van der Waals surface area contributed by atoms with Crippen LogP contribution in [-0.2, 0) is 18.4 Å². The molecule has 1 amide bonds. The standard InChI is InChI=1S/C58H117N2O6P/c1-6-8-10-12-14-16-18-20-21-22-23-24-25-26-27-28-29-30-31-32-33-34-35-36-37-38-39-40-42-44-46-48-50-52-58(62)59-56(55-66-67(63,64)65-54-53-60(3,4)5)57(61)51-49-47-45-43-41-19-17-15-13-11-9-7-2/h26-27,56-57,61H,6-25,28-55H2,1-5H3,(H-,59,62,63,64)/p+1/b27-26-. The van der Waals surface area contributed by atoms with E-state index >= 15 is 0 Å². The first-order valence-corrected chi connectivity index (χ1v) is 31.0. The van der Waals surface area contributed by atoms with Gasteiger partial charge in [0.25, 0.3) is 0 Å². The summed E-state index contributed by atoms with van der Waals surface area (Å²) in [5.41, 5.74) is 0. The fourth-order valence-corrected chi connectivity index (χ4v) is 9.84. The number of carbonyl (C=O) groups excluding carboxylic acids is 1. The molecule has 3 atom stereocenters. The Morgan fingerprint density at radius 2 is 0.806 bits per heavy atom. The van der Waals surface area contributed by atoms with Crippen molar-refractivity contribution in [1.82, 2.24) is 5.32 Å². The van der Waals surface area contributed by atoms with E-state index in [4.69, 9.17) is 9.05 Å². The van der Waals surface area contributed by atoms with E-state index in [1.807, 2.05) is 21.1 Å². The van der Waals surface area contributed by atoms with Crippen molar-refractivity contribution in [2.24, 2.45) is 0 Å². The van der Waals surface area contributed by atoms with Crippen LogP contribution in [0.2, 0.25) is 0 Å². The molecule has 0 aromatic rings. The number of quaternary nitrogens is 1. The number of phosphoric ester groups is 1. The van der Waals surface area contributed by atoms with Crippen molar-refractivity contribution in [1.29, 1.82) is 0 Å². The van der Waals surface area contributed by atoms with Crippen LogP contribution in [0.3, 0.4) is 0 Å². The third kappa shape index (κ3) is 52.9. The van der Waals surface area contributed by atoms with Crippen LogP contribution in [0.1, 0.15) is 303 Å². The summed E-state index contributed by atoms with van der Waals surface area (Å²) in [6.45, 7) is 4.92. The minimum absolute atomic E-state index is 0.0776. The Morgan fingerprint density at radius 3 is 1.15 bits per heavy atom. The number of hydrogen-bond donors (Lipinski definition) is 3. The first kappa shape index (κ1) is 66.2. The highest BCUT2D eigenvalue weighted by Crippen LogP contribution is 2.43. The molecular weight excluding hydrogens is 852 g/mol. The predicted molar refractivity (Wildman–Crippen MR) is 291 cm³/mol. The van der Waals surface area contributed by atoms with Gasteiger partial charge in [-0.05, 0) is 38.5 Å². The van der Waals surface area contributed by atoms with E-state index in [0.29, 0.717) is 23.9 Å². The Balaban J connectivity index is 3.92. The van der Waals surface area contributed by atoms with Gasteiger partial charge in [-0.1, -0.05) is 270 Å². The lowest BCUT2D eigenvalue weighted by Gasteiger charge is -2.26. The smallest absolute Gasteiger partial charge is 0.391 e. The number of allylic oxidation sites excluding steroid dienone is 2. The zero-order valence-corrected chi connectivity index (χ0v) is 46.6. The molecule has 3 unspecified atom stereocenters. The largest absolute Gasteiger partial charge is 0.472 e. The van der Waals surface area contributed by atoms with Crippen LogP contribution < -0.4 is 5.32 Å². The Morgan fingerprint density at radius 1 is 0.493 bits per heavy atom. The maximum atomic E-state index is 13.0. The third-order valence-electron chi connectivity index (χ3n) is 13.8. The summed E-state index contributed by atoms with van der Waals surface area (Å²) in [5.74, 6) is -0.139. The number of carbonyl (C=O) groups is 1. The number of nitrogens with zero attached hydrogens (tertiary/aromatic N) is 1. The average Bonchev–Trinajstić information content (AvgIpc) is 3.29. The lowest BCUT2D eigenvalue weighted by atomic mass is 10.0. The lowest BCUT2D eigenvalue weighted by Crippen LogP contribution is -2.46. The molecule has 0 saturated carbocycles. The van der Waals surface area contributed by atoms with Crippen LogP contribution in [0.5, 0.6) is 0 Å². The van der Waals surface area contributed by atoms with E-state index in [0.717, 1.165) is 38.5 Å². The first-order valence-electron chi connectivity index (χ1n) is 29.6.